The molecular weight excluding hydrogens is 488 g/mol. The molecule has 0 aromatic carbocycles. The van der Waals surface area contributed by atoms with Crippen LogP contribution in [-0.2, 0) is 14.4 Å². The molecule has 0 saturated carbocycles. The summed E-state index contributed by atoms with van der Waals surface area (Å²) in [4.78, 5) is 69.4. The third-order valence-corrected chi connectivity index (χ3v) is 4.89. The van der Waals surface area contributed by atoms with Crippen LogP contribution in [-0.4, -0.2) is 76.9 Å². The zero-order valence-corrected chi connectivity index (χ0v) is 22.4. The number of carboxylic acid groups (broad SMARTS) is 2. The third-order valence-electron chi connectivity index (χ3n) is 4.89. The lowest BCUT2D eigenvalue weighted by molar-refractivity contribution is -0.139. The second kappa shape index (κ2) is 15.6. The third kappa shape index (κ3) is 16.8. The van der Waals surface area contributed by atoms with Gasteiger partial charge in [0.25, 0.3) is 0 Å². The molecule has 14 heteroatoms. The number of carboxylic acids is 1. The fourth-order valence-corrected chi connectivity index (χ4v) is 3.19. The van der Waals surface area contributed by atoms with Gasteiger partial charge < -0.3 is 36.8 Å². The van der Waals surface area contributed by atoms with E-state index in [0.29, 0.717) is 19.4 Å². The summed E-state index contributed by atoms with van der Waals surface area (Å²) in [6.45, 7) is 11.8. The van der Waals surface area contributed by atoms with Crippen LogP contribution in [0.5, 0.6) is 0 Å². The van der Waals surface area contributed by atoms with Crippen LogP contribution in [0, 0.1) is 5.41 Å². The minimum absolute atomic E-state index is 0.137. The number of amides is 6. The number of urea groups is 2. The summed E-state index contributed by atoms with van der Waals surface area (Å²) in [5.41, 5.74) is -0.681. The topological polar surface area (TPSA) is 215 Å². The molecule has 0 radical (unpaired) electrons. The van der Waals surface area contributed by atoms with Crippen LogP contribution in [0.15, 0.2) is 0 Å². The lowest BCUT2D eigenvalue weighted by Crippen LogP contribution is -2.50. The summed E-state index contributed by atoms with van der Waals surface area (Å²) in [5, 5.41) is 31.7. The van der Waals surface area contributed by atoms with Crippen LogP contribution in [0.3, 0.4) is 0 Å². The molecular formula is C23H42N6O8. The van der Waals surface area contributed by atoms with Crippen molar-refractivity contribution in [3.05, 3.63) is 0 Å². The van der Waals surface area contributed by atoms with E-state index in [1.54, 1.807) is 0 Å². The molecule has 0 saturated heterocycles. The molecule has 0 spiro atoms. The fourth-order valence-electron chi connectivity index (χ4n) is 3.19. The highest BCUT2D eigenvalue weighted by atomic mass is 16.4. The molecule has 37 heavy (non-hydrogen) atoms. The van der Waals surface area contributed by atoms with Gasteiger partial charge in [0.15, 0.2) is 5.78 Å². The molecule has 0 aliphatic rings. The van der Waals surface area contributed by atoms with Gasteiger partial charge in [-0.15, -0.1) is 0 Å². The fraction of sp³-hybridized carbons (Fsp3) is 0.739. The molecule has 6 amide bonds. The summed E-state index contributed by atoms with van der Waals surface area (Å²) in [6, 6.07) is -3.49. The van der Waals surface area contributed by atoms with Crippen molar-refractivity contribution < 1.29 is 39.0 Å². The van der Waals surface area contributed by atoms with Crippen molar-refractivity contribution in [3.63, 3.8) is 0 Å². The Morgan fingerprint density at radius 1 is 0.757 bits per heavy atom. The van der Waals surface area contributed by atoms with E-state index in [9.17, 15) is 28.8 Å². The summed E-state index contributed by atoms with van der Waals surface area (Å²) >= 11 is 0. The van der Waals surface area contributed by atoms with E-state index < -0.39 is 41.5 Å². The van der Waals surface area contributed by atoms with Gasteiger partial charge in [0.1, 0.15) is 6.04 Å². The number of imide groups is 1. The number of ketones is 1. The molecule has 0 aromatic rings. The summed E-state index contributed by atoms with van der Waals surface area (Å²) in [5.74, 6) is -1.88. The monoisotopic (exact) mass is 530 g/mol. The van der Waals surface area contributed by atoms with Gasteiger partial charge in [-0.1, -0.05) is 20.8 Å². The Labute approximate surface area is 217 Å². The molecule has 0 fully saturated rings. The number of Topliss-reactive ketones (excluding diaryl/α,β-unsaturated/α-hetero) is 1. The van der Waals surface area contributed by atoms with E-state index in [-0.39, 0.29) is 36.9 Å². The zero-order chi connectivity index (χ0) is 28.8. The maximum absolute atomic E-state index is 12.7. The van der Waals surface area contributed by atoms with Gasteiger partial charge in [0.2, 0.25) is 5.91 Å². The average Bonchev–Trinajstić information content (AvgIpc) is 2.72. The van der Waals surface area contributed by atoms with E-state index in [1.807, 2.05) is 46.9 Å². The van der Waals surface area contributed by atoms with Gasteiger partial charge in [-0.3, -0.25) is 9.59 Å². The van der Waals surface area contributed by atoms with Gasteiger partial charge >= 0.3 is 24.1 Å². The summed E-state index contributed by atoms with van der Waals surface area (Å²) < 4.78 is 0. The molecule has 0 bridgehead atoms. The second-order valence-corrected chi connectivity index (χ2v) is 10.6. The SMILES string of the molecule is CC(C)(C)N[C@@H](CCCCNC(=O)NCNC(=O)CCC(NC(=O)NC(=O)O)C(=O)O)C(=O)C(C)(C)C. The van der Waals surface area contributed by atoms with Crippen molar-refractivity contribution in [2.75, 3.05) is 13.2 Å². The van der Waals surface area contributed by atoms with Crippen molar-refractivity contribution in [1.82, 2.24) is 31.9 Å². The standard InChI is InChI=1S/C23H42N6O8/c1-22(2,3)17(31)14(29-23(4,5)6)9-7-8-12-24-19(34)26-13-25-16(30)11-10-15(18(32)33)27-20(35)28-21(36)37/h14-15,29H,7-13H2,1-6H3,(H,25,30)(H,32,33)(H,36,37)(H2,24,26,34)(H2,27,28,35)/t14-,15?/m0/s1. The Morgan fingerprint density at radius 3 is 1.89 bits per heavy atom. The molecule has 1 unspecified atom stereocenters. The van der Waals surface area contributed by atoms with Crippen LogP contribution in [0.1, 0.15) is 73.6 Å². The normalized spacial score (nSPS) is 13.0. The number of carbonyl (C=O) groups is 6. The van der Waals surface area contributed by atoms with Crippen LogP contribution in [0.25, 0.3) is 0 Å². The molecule has 2 atom stereocenters. The smallest absolute Gasteiger partial charge is 0.412 e. The first kappa shape index (κ1) is 33.6. The average molecular weight is 531 g/mol. The zero-order valence-electron chi connectivity index (χ0n) is 22.4. The summed E-state index contributed by atoms with van der Waals surface area (Å²) in [7, 11) is 0. The Balaban J connectivity index is 4.27. The molecule has 0 heterocycles. The number of rotatable bonds is 14. The maximum atomic E-state index is 12.7. The van der Waals surface area contributed by atoms with E-state index in [2.05, 4.69) is 21.3 Å². The number of aliphatic carboxylic acids is 1. The van der Waals surface area contributed by atoms with Crippen molar-refractivity contribution in [3.8, 4) is 0 Å². The van der Waals surface area contributed by atoms with Crippen molar-refractivity contribution >= 4 is 35.8 Å². The van der Waals surface area contributed by atoms with Gasteiger partial charge in [0.05, 0.1) is 12.7 Å². The van der Waals surface area contributed by atoms with Crippen molar-refractivity contribution in [2.45, 2.75) is 91.3 Å². The predicted molar refractivity (Wildman–Crippen MR) is 135 cm³/mol. The lowest BCUT2D eigenvalue weighted by Gasteiger charge is -2.31. The predicted octanol–water partition coefficient (Wildman–Crippen LogP) is 1.11. The Morgan fingerprint density at radius 2 is 1.38 bits per heavy atom. The first-order chi connectivity index (χ1) is 16.9. The van der Waals surface area contributed by atoms with Crippen molar-refractivity contribution in [1.29, 1.82) is 0 Å². The molecule has 212 valence electrons. The number of carbonyl (C=O) groups excluding carboxylic acids is 4. The number of hydrogen-bond acceptors (Lipinski definition) is 7. The van der Waals surface area contributed by atoms with Crippen LogP contribution >= 0.6 is 0 Å². The molecule has 0 aliphatic carbocycles. The van der Waals surface area contributed by atoms with E-state index >= 15 is 0 Å². The first-order valence-corrected chi connectivity index (χ1v) is 12.1. The summed E-state index contributed by atoms with van der Waals surface area (Å²) in [6.07, 6.45) is -0.222. The van der Waals surface area contributed by atoms with Gasteiger partial charge in [-0.05, 0) is 46.5 Å². The van der Waals surface area contributed by atoms with E-state index in [1.165, 1.54) is 5.32 Å². The highest BCUT2D eigenvalue weighted by Crippen LogP contribution is 2.21. The second-order valence-electron chi connectivity index (χ2n) is 10.6. The highest BCUT2D eigenvalue weighted by Gasteiger charge is 2.31. The molecule has 0 aromatic heterocycles. The van der Waals surface area contributed by atoms with Gasteiger partial charge in [0, 0.05) is 23.9 Å². The molecule has 0 aliphatic heterocycles. The van der Waals surface area contributed by atoms with Crippen LogP contribution in [0.4, 0.5) is 14.4 Å². The number of unbranched alkanes of at least 4 members (excludes halogenated alkanes) is 1. The molecule has 0 rings (SSSR count). The van der Waals surface area contributed by atoms with Gasteiger partial charge in [-0.2, -0.15) is 0 Å². The largest absolute Gasteiger partial charge is 0.480 e. The van der Waals surface area contributed by atoms with E-state index in [0.717, 1.165) is 6.42 Å². The van der Waals surface area contributed by atoms with Gasteiger partial charge in [-0.25, -0.2) is 24.5 Å². The minimum atomic E-state index is -1.65. The van der Waals surface area contributed by atoms with Crippen LogP contribution < -0.4 is 31.9 Å². The van der Waals surface area contributed by atoms with E-state index in [4.69, 9.17) is 10.2 Å². The Bertz CT molecular complexity index is 819. The van der Waals surface area contributed by atoms with Crippen molar-refractivity contribution in [2.24, 2.45) is 5.41 Å². The van der Waals surface area contributed by atoms with Crippen LogP contribution in [0.2, 0.25) is 0 Å². The Hall–Kier alpha value is -3.42. The molecule has 14 nitrogen and oxygen atoms in total. The minimum Gasteiger partial charge on any atom is -0.480 e. The quantitative estimate of drug-likeness (QED) is 0.119. The number of hydrogen-bond donors (Lipinski definition) is 8. The molecule has 8 N–H and O–H groups in total. The maximum Gasteiger partial charge on any atom is 0.412 e. The number of nitrogens with one attached hydrogen (secondary N) is 6. The Kier molecular flexibility index (Phi) is 14.2. The first-order valence-electron chi connectivity index (χ1n) is 12.1. The lowest BCUT2D eigenvalue weighted by atomic mass is 9.84. The highest BCUT2D eigenvalue weighted by molar-refractivity contribution is 5.92.